The summed E-state index contributed by atoms with van der Waals surface area (Å²) in [4.78, 5) is 55.5. The smallest absolute Gasteiger partial charge is 0.309 e. The Morgan fingerprint density at radius 1 is 0.897 bits per heavy atom. The summed E-state index contributed by atoms with van der Waals surface area (Å²) in [5.41, 5.74) is 1.33. The number of benzene rings is 1. The van der Waals surface area contributed by atoms with E-state index < -0.39 is 28.9 Å². The molecule has 1 amide bonds. The number of carboxylic acid groups (broad SMARTS) is 1. The summed E-state index contributed by atoms with van der Waals surface area (Å²) < 4.78 is 6.19. The van der Waals surface area contributed by atoms with Crippen LogP contribution in [0.3, 0.4) is 0 Å². The third-order valence-electron chi connectivity index (χ3n) is 17.5. The number of nitrogens with zero attached hydrogens (tertiary/aromatic N) is 2. The van der Waals surface area contributed by atoms with E-state index in [2.05, 4.69) is 65.5 Å². The van der Waals surface area contributed by atoms with Crippen LogP contribution in [0.2, 0.25) is 0 Å². The minimum absolute atomic E-state index is 0.0146. The number of Topliss-reactive ketones (excluding diaryl/α,β-unsaturated/α-hetero) is 1. The summed E-state index contributed by atoms with van der Waals surface area (Å²) in [6.07, 6.45) is 6.84. The molecule has 0 aliphatic heterocycles. The number of allylic oxidation sites excluding steroid dienone is 1. The van der Waals surface area contributed by atoms with Crippen molar-refractivity contribution in [3.8, 4) is 0 Å². The Balaban J connectivity index is 1.29. The molecule has 9 unspecified atom stereocenters. The number of aliphatic hydroxyl groups is 1. The number of fused-ring (bicyclic) bond motifs is 7. The molecule has 5 aliphatic rings. The number of aliphatic carboxylic acids is 1. The van der Waals surface area contributed by atoms with Crippen molar-refractivity contribution in [3.63, 3.8) is 0 Å². The summed E-state index contributed by atoms with van der Waals surface area (Å²) in [6, 6.07) is 10.3. The Morgan fingerprint density at radius 3 is 2.19 bits per heavy atom. The summed E-state index contributed by atoms with van der Waals surface area (Å²) in [5.74, 6) is -0.119. The third kappa shape index (κ3) is 7.40. The van der Waals surface area contributed by atoms with Crippen LogP contribution in [0.25, 0.3) is 0 Å². The average Bonchev–Trinajstić information content (AvgIpc) is 3.45. The zero-order valence-electron chi connectivity index (χ0n) is 37.6. The monoisotopic (exact) mass is 803 g/mol. The van der Waals surface area contributed by atoms with E-state index in [1.165, 1.54) is 5.57 Å². The second-order valence-corrected chi connectivity index (χ2v) is 21.7. The Morgan fingerprint density at radius 2 is 1.57 bits per heavy atom. The Labute approximate surface area is 348 Å². The number of carbonyl (C=O) groups is 4. The zero-order valence-corrected chi connectivity index (χ0v) is 37.6. The minimum atomic E-state index is -1.18. The minimum Gasteiger partial charge on any atom is -0.481 e. The fourth-order valence-electron chi connectivity index (χ4n) is 13.9. The highest BCUT2D eigenvalue weighted by Crippen LogP contribution is 2.77. The van der Waals surface area contributed by atoms with Crippen molar-refractivity contribution in [2.75, 3.05) is 26.7 Å². The Hall–Kier alpha value is -3.04. The Bertz CT molecular complexity index is 1790. The van der Waals surface area contributed by atoms with E-state index in [4.69, 9.17) is 4.74 Å². The van der Waals surface area contributed by atoms with Gasteiger partial charge in [0.1, 0.15) is 6.10 Å². The van der Waals surface area contributed by atoms with Crippen LogP contribution in [0.1, 0.15) is 139 Å². The van der Waals surface area contributed by atoms with E-state index >= 15 is 0 Å². The van der Waals surface area contributed by atoms with Gasteiger partial charge in [-0.25, -0.2) is 0 Å². The van der Waals surface area contributed by atoms with E-state index in [9.17, 15) is 29.4 Å². The van der Waals surface area contributed by atoms with E-state index in [0.29, 0.717) is 44.4 Å². The van der Waals surface area contributed by atoms with Gasteiger partial charge in [-0.3, -0.25) is 24.1 Å². The van der Waals surface area contributed by atoms with Gasteiger partial charge in [0.15, 0.2) is 5.78 Å². The molecule has 0 bridgehead atoms. The predicted octanol–water partition coefficient (Wildman–Crippen LogP) is 8.72. The molecular weight excluding hydrogens is 729 g/mol. The van der Waals surface area contributed by atoms with Crippen LogP contribution >= 0.6 is 0 Å². The van der Waals surface area contributed by atoms with Gasteiger partial charge in [-0.15, -0.1) is 0 Å². The number of carbonyl (C=O) groups excluding carboxylic acids is 3. The van der Waals surface area contributed by atoms with Crippen molar-refractivity contribution in [2.24, 2.45) is 56.2 Å². The standard InChI is InChI=1S/C49H74N2O7/c1-31(2)41-35(53)27-49(38(54)30-51(26-25-50(11)32(3)52)29-33-15-13-12-14-16-33)24-23-47(9)34(42(41)49)17-18-37-46(8)21-20-39(58-40(55)28-44(4,5)43(56)57)45(6,7)36(46)19-22-48(37,47)10/h12-16,31,34,36-39,54H,17-30H2,1-11H3,(H,56,57). The zero-order chi connectivity index (χ0) is 42.8. The van der Waals surface area contributed by atoms with E-state index in [0.717, 1.165) is 62.5 Å². The second kappa shape index (κ2) is 15.8. The molecule has 322 valence electrons. The van der Waals surface area contributed by atoms with Crippen LogP contribution in [-0.4, -0.2) is 82.5 Å². The number of likely N-dealkylation sites (N-methyl/N-ethyl adjacent to an activating group) is 1. The van der Waals surface area contributed by atoms with Crippen molar-refractivity contribution in [1.29, 1.82) is 0 Å². The van der Waals surface area contributed by atoms with Crippen LogP contribution in [0.4, 0.5) is 0 Å². The lowest BCUT2D eigenvalue weighted by molar-refractivity contribution is -0.235. The van der Waals surface area contributed by atoms with Crippen molar-refractivity contribution in [1.82, 2.24) is 9.80 Å². The first-order chi connectivity index (χ1) is 26.9. The van der Waals surface area contributed by atoms with Gasteiger partial charge in [-0.1, -0.05) is 84.4 Å². The van der Waals surface area contributed by atoms with Crippen LogP contribution in [-0.2, 0) is 30.5 Å². The summed E-state index contributed by atoms with van der Waals surface area (Å²) >= 11 is 0. The van der Waals surface area contributed by atoms with E-state index in [1.807, 2.05) is 25.2 Å². The SMILES string of the molecule is CC(=O)N(C)CCN(Cc1ccccc1)CC(O)C12CCC3(C)C(CCC4C5(C)CCC(OC(=O)CC(C)(C)C(=O)O)C(C)(C)C5CCC43C)C1=C(C(C)C)C(=O)C2. The number of rotatable bonds is 13. The van der Waals surface area contributed by atoms with Crippen LogP contribution in [0.5, 0.6) is 0 Å². The fraction of sp³-hybridized carbons (Fsp3) is 0.755. The van der Waals surface area contributed by atoms with Crippen molar-refractivity contribution in [3.05, 3.63) is 47.0 Å². The molecule has 0 spiro atoms. The van der Waals surface area contributed by atoms with Crippen LogP contribution in [0.15, 0.2) is 41.5 Å². The molecule has 9 heteroatoms. The van der Waals surface area contributed by atoms with Gasteiger partial charge in [-0.05, 0) is 116 Å². The molecule has 1 aromatic rings. The van der Waals surface area contributed by atoms with Gasteiger partial charge in [0, 0.05) is 57.4 Å². The maximum atomic E-state index is 14.3. The number of esters is 1. The first kappa shape index (κ1) is 44.5. The number of amides is 1. The quantitative estimate of drug-likeness (QED) is 0.190. The van der Waals surface area contributed by atoms with E-state index in [-0.39, 0.29) is 57.7 Å². The third-order valence-corrected chi connectivity index (χ3v) is 17.5. The van der Waals surface area contributed by atoms with Gasteiger partial charge in [0.05, 0.1) is 17.9 Å². The lowest BCUT2D eigenvalue weighted by Gasteiger charge is -2.72. The maximum Gasteiger partial charge on any atom is 0.309 e. The molecule has 58 heavy (non-hydrogen) atoms. The van der Waals surface area contributed by atoms with Crippen molar-refractivity contribution in [2.45, 2.75) is 152 Å². The molecule has 0 aromatic heterocycles. The number of aliphatic hydroxyl groups excluding tert-OH is 1. The number of ether oxygens (including phenoxy) is 1. The summed E-state index contributed by atoms with van der Waals surface area (Å²) in [7, 11) is 1.82. The number of ketones is 1. The molecule has 9 nitrogen and oxygen atoms in total. The normalized spacial score (nSPS) is 34.8. The second-order valence-electron chi connectivity index (χ2n) is 21.7. The molecule has 9 atom stereocenters. The van der Waals surface area contributed by atoms with Gasteiger partial charge in [-0.2, -0.15) is 0 Å². The molecule has 0 saturated heterocycles. The lowest BCUT2D eigenvalue weighted by atomic mass is 9.33. The first-order valence-electron chi connectivity index (χ1n) is 22.3. The molecule has 1 aromatic carbocycles. The first-order valence-corrected chi connectivity index (χ1v) is 22.3. The molecule has 6 rings (SSSR count). The molecule has 4 saturated carbocycles. The van der Waals surface area contributed by atoms with Crippen LogP contribution < -0.4 is 0 Å². The van der Waals surface area contributed by atoms with Crippen molar-refractivity contribution >= 4 is 23.6 Å². The van der Waals surface area contributed by atoms with Gasteiger partial charge in [0.2, 0.25) is 5.91 Å². The topological polar surface area (TPSA) is 124 Å². The highest BCUT2D eigenvalue weighted by molar-refractivity contribution is 6.00. The van der Waals surface area contributed by atoms with Gasteiger partial charge in [0.25, 0.3) is 0 Å². The largest absolute Gasteiger partial charge is 0.481 e. The fourth-order valence-corrected chi connectivity index (χ4v) is 13.9. The highest BCUT2D eigenvalue weighted by Gasteiger charge is 2.71. The number of hydrogen-bond acceptors (Lipinski definition) is 7. The van der Waals surface area contributed by atoms with Crippen molar-refractivity contribution < 1.29 is 34.1 Å². The Kier molecular flexibility index (Phi) is 12.1. The molecule has 0 radical (unpaired) electrons. The molecule has 5 aliphatic carbocycles. The van der Waals surface area contributed by atoms with E-state index in [1.54, 1.807) is 25.7 Å². The molecule has 4 fully saturated rings. The lowest BCUT2D eigenvalue weighted by Crippen LogP contribution is -2.66. The predicted molar refractivity (Wildman–Crippen MR) is 226 cm³/mol. The molecular formula is C49H74N2O7. The molecule has 2 N–H and O–H groups in total. The van der Waals surface area contributed by atoms with Gasteiger partial charge >= 0.3 is 11.9 Å². The molecule has 0 heterocycles. The number of carboxylic acids is 1. The summed E-state index contributed by atoms with van der Waals surface area (Å²) in [6.45, 7) is 23.5. The van der Waals surface area contributed by atoms with Gasteiger partial charge < -0.3 is 19.8 Å². The highest BCUT2D eigenvalue weighted by atomic mass is 16.5. The maximum absolute atomic E-state index is 14.3. The number of hydrogen-bond donors (Lipinski definition) is 2. The average molecular weight is 803 g/mol. The van der Waals surface area contributed by atoms with Crippen LogP contribution in [0, 0.1) is 56.2 Å². The summed E-state index contributed by atoms with van der Waals surface area (Å²) in [5, 5.41) is 22.4.